The highest BCUT2D eigenvalue weighted by atomic mass is 35.5. The fourth-order valence-electron chi connectivity index (χ4n) is 16.9. The quantitative estimate of drug-likeness (QED) is 0.0919. The van der Waals surface area contributed by atoms with Crippen LogP contribution in [0.1, 0.15) is 395 Å². The topological polar surface area (TPSA) is 0 Å². The summed E-state index contributed by atoms with van der Waals surface area (Å²) in [6, 6.07) is 43.2. The summed E-state index contributed by atoms with van der Waals surface area (Å²) in [5.41, 5.74) is 23.8. The molecule has 0 heterocycles. The molecular weight excluding hydrogens is 1410 g/mol. The van der Waals surface area contributed by atoms with Gasteiger partial charge in [0.25, 0.3) is 0 Å². The predicted molar refractivity (Wildman–Crippen MR) is 499 cm³/mol. The van der Waals surface area contributed by atoms with Gasteiger partial charge in [-0.25, -0.2) is 17.6 Å². The van der Waals surface area contributed by atoms with Crippen molar-refractivity contribution in [1.82, 2.24) is 0 Å². The molecule has 4 bridgehead atoms. The van der Waals surface area contributed by atoms with E-state index in [-0.39, 0.29) is 58.5 Å². The molecule has 0 aromatic heterocycles. The standard InChI is InChI=1S/C16H26.C14H24.2C12H18.C11H15Cl.C11H12F4.2C11H16.C8H18.2CH4/c1-11(2)13-9-8-10-14(12(3)4)15(13)16(5,6)7;1-13(2,3)14-7-10-4-11(8-14)6-12(5-10)9-14;1-9-6-10(2)8-11(7-9)12(3,4)5;1-9-7-6-8-10(2)11(9)12(3,4)5;1-8-6-5-7-9(12)10(8)11(2,3)4;1-5-6(11(2,3)4)8(13)10(15)9(14)7(5)12;2*1-9-7-5-6-8-10(9)11(2,3)4;1-7(2,3)8(4,5)6;;/h8-12H,1-7H3;10-12H,4-9H2,1-3H3;2*6-8H,1-5H3;5-7H,1-4H3;1-4H3;2*5-8H,1-4H3;1-6H3;2*1H4. The molecule has 0 nitrogen and oxygen atoms in total. The molecule has 4 aliphatic rings. The molecule has 0 saturated heterocycles. The normalized spacial score (nSPS) is 16.7. The van der Waals surface area contributed by atoms with Crippen molar-refractivity contribution in [1.29, 1.82) is 0 Å². The van der Waals surface area contributed by atoms with Gasteiger partial charge in [-0.3, -0.25) is 0 Å². The Morgan fingerprint density at radius 1 is 0.319 bits per heavy atom. The largest absolute Gasteiger partial charge is 0.203 e. The molecule has 0 spiro atoms. The Bertz CT molecular complexity index is 3760. The van der Waals surface area contributed by atoms with Crippen LogP contribution >= 0.6 is 11.6 Å². The van der Waals surface area contributed by atoms with Gasteiger partial charge in [-0.2, -0.15) is 0 Å². The van der Waals surface area contributed by atoms with Crippen LogP contribution in [0.5, 0.6) is 0 Å². The van der Waals surface area contributed by atoms with E-state index in [9.17, 15) is 17.6 Å². The summed E-state index contributed by atoms with van der Waals surface area (Å²) in [6.07, 6.45) is 9.41. The molecular formula is C108H171ClF4. The molecule has 0 radical (unpaired) electrons. The molecule has 638 valence electrons. The van der Waals surface area contributed by atoms with E-state index in [2.05, 4.69) is 372 Å². The van der Waals surface area contributed by atoms with Crippen LogP contribution in [0.3, 0.4) is 0 Å². The number of rotatable bonds is 2. The summed E-state index contributed by atoms with van der Waals surface area (Å²) in [4.78, 5) is 0. The Morgan fingerprint density at radius 2 is 0.611 bits per heavy atom. The van der Waals surface area contributed by atoms with E-state index in [4.69, 9.17) is 11.6 Å². The van der Waals surface area contributed by atoms with Gasteiger partial charge in [0, 0.05) is 10.6 Å². The second-order valence-electron chi connectivity index (χ2n) is 44.3. The monoisotopic (exact) mass is 1580 g/mol. The van der Waals surface area contributed by atoms with E-state index in [1.807, 2.05) is 12.1 Å². The summed E-state index contributed by atoms with van der Waals surface area (Å²) < 4.78 is 52.4. The summed E-state index contributed by atoms with van der Waals surface area (Å²) in [5, 5.41) is 0.877. The Hall–Kier alpha value is -5.45. The lowest BCUT2D eigenvalue weighted by Crippen LogP contribution is -2.51. The first kappa shape index (κ1) is 108. The number of halogens is 5. The number of benzene rings is 7. The van der Waals surface area contributed by atoms with Crippen molar-refractivity contribution in [2.24, 2.45) is 39.4 Å². The van der Waals surface area contributed by atoms with Crippen molar-refractivity contribution >= 4 is 11.6 Å². The van der Waals surface area contributed by atoms with Crippen molar-refractivity contribution in [2.45, 2.75) is 394 Å². The molecule has 5 heteroatoms. The van der Waals surface area contributed by atoms with Crippen molar-refractivity contribution in [2.75, 3.05) is 0 Å². The summed E-state index contributed by atoms with van der Waals surface area (Å²) >= 11 is 6.11. The van der Waals surface area contributed by atoms with Crippen molar-refractivity contribution < 1.29 is 17.6 Å². The predicted octanol–water partition coefficient (Wildman–Crippen LogP) is 35.4. The second-order valence-corrected chi connectivity index (χ2v) is 44.7. The molecule has 0 unspecified atom stereocenters. The van der Waals surface area contributed by atoms with Crippen LogP contribution in [-0.4, -0.2) is 0 Å². The van der Waals surface area contributed by atoms with E-state index >= 15 is 0 Å². The third kappa shape index (κ3) is 32.4. The maximum Gasteiger partial charge on any atom is 0.197 e. The Labute approximate surface area is 702 Å². The van der Waals surface area contributed by atoms with Crippen molar-refractivity contribution in [3.63, 3.8) is 0 Å². The average molecular weight is 1580 g/mol. The highest BCUT2D eigenvalue weighted by Crippen LogP contribution is 2.66. The van der Waals surface area contributed by atoms with Gasteiger partial charge in [-0.15, -0.1) is 0 Å². The van der Waals surface area contributed by atoms with Gasteiger partial charge in [-0.05, 0) is 267 Å². The van der Waals surface area contributed by atoms with Crippen LogP contribution in [0.2, 0.25) is 5.02 Å². The zero-order valence-electron chi connectivity index (χ0n) is 79.1. The lowest BCUT2D eigenvalue weighted by atomic mass is 9.43. The summed E-state index contributed by atoms with van der Waals surface area (Å²) in [7, 11) is 0. The second kappa shape index (κ2) is 42.3. The van der Waals surface area contributed by atoms with Crippen LogP contribution in [0.4, 0.5) is 17.6 Å². The van der Waals surface area contributed by atoms with Crippen molar-refractivity contribution in [3.05, 3.63) is 244 Å². The van der Waals surface area contributed by atoms with Gasteiger partial charge in [0.1, 0.15) is 0 Å². The minimum absolute atomic E-state index is 0. The van der Waals surface area contributed by atoms with Gasteiger partial charge >= 0.3 is 0 Å². The molecule has 0 amide bonds. The molecule has 4 saturated carbocycles. The fraction of sp³-hybridized carbons (Fsp3) is 0.611. The van der Waals surface area contributed by atoms with E-state index in [1.165, 1.54) is 84.8 Å². The maximum absolute atomic E-state index is 13.4. The van der Waals surface area contributed by atoms with Crippen LogP contribution in [-0.2, 0) is 37.9 Å². The lowest BCUT2D eigenvalue weighted by molar-refractivity contribution is -0.113. The zero-order chi connectivity index (χ0) is 86.5. The minimum atomic E-state index is -1.75. The third-order valence-electron chi connectivity index (χ3n) is 23.5. The Morgan fingerprint density at radius 3 is 0.858 bits per heavy atom. The first-order chi connectivity index (χ1) is 49.9. The number of hydrogen-bond acceptors (Lipinski definition) is 0. The highest BCUT2D eigenvalue weighted by molar-refractivity contribution is 6.31. The number of hydrogen-bond donors (Lipinski definition) is 0. The Balaban J connectivity index is 0.00000125. The molecule has 11 rings (SSSR count). The van der Waals surface area contributed by atoms with Gasteiger partial charge in [0.05, 0.1) is 0 Å². The van der Waals surface area contributed by atoms with E-state index in [1.54, 1.807) is 64.9 Å². The fourth-order valence-corrected chi connectivity index (χ4v) is 17.4. The SMILES string of the molecule is C.C.CC(C)(C)C(C)(C)C.CC(C)(C)C12CC3CC(CC(C3)C1)C2.CC(C)c1cccc(C(C)C)c1C(C)(C)C.Cc1c(F)c(F)c(F)c(F)c1C(C)(C)C.Cc1cc(C)cc(C(C)(C)C)c1.Cc1cccc(C)c1C(C)(C)C.Cc1cccc(Cl)c1C(C)(C)C.Cc1ccccc1C(C)(C)C.Cc1ccccc1C(C)(C)C. The summed E-state index contributed by atoms with van der Waals surface area (Å²) in [6.45, 7) is 91.9. The maximum atomic E-state index is 13.4. The van der Waals surface area contributed by atoms with E-state index < -0.39 is 28.7 Å². The molecule has 4 fully saturated rings. The average Bonchev–Trinajstić information content (AvgIpc) is 0.729. The van der Waals surface area contributed by atoms with Crippen LogP contribution in [0, 0.1) is 118 Å². The molecule has 0 aliphatic heterocycles. The van der Waals surface area contributed by atoms with Crippen LogP contribution in [0.15, 0.2) is 121 Å². The smallest absolute Gasteiger partial charge is 0.197 e. The Kier molecular flexibility index (Phi) is 40.2. The first-order valence-electron chi connectivity index (χ1n) is 41.9. The first-order valence-corrected chi connectivity index (χ1v) is 42.3. The van der Waals surface area contributed by atoms with E-state index in [0.29, 0.717) is 28.1 Å². The van der Waals surface area contributed by atoms with Gasteiger partial charge < -0.3 is 0 Å². The molecule has 113 heavy (non-hydrogen) atoms. The molecule has 4 aliphatic carbocycles. The lowest BCUT2D eigenvalue weighted by Gasteiger charge is -2.62. The van der Waals surface area contributed by atoms with Crippen LogP contribution < -0.4 is 0 Å². The molecule has 0 atom stereocenters. The third-order valence-corrected chi connectivity index (χ3v) is 23.8. The molecule has 7 aromatic rings. The van der Waals surface area contributed by atoms with Gasteiger partial charge in [0.2, 0.25) is 0 Å². The highest BCUT2D eigenvalue weighted by Gasteiger charge is 2.55. The van der Waals surface area contributed by atoms with E-state index in [0.717, 1.165) is 28.2 Å². The van der Waals surface area contributed by atoms with Crippen LogP contribution in [0.25, 0.3) is 0 Å². The van der Waals surface area contributed by atoms with Gasteiger partial charge in [-0.1, -0.05) is 388 Å². The molecule has 0 N–H and O–H groups in total. The number of aryl methyl sites for hydroxylation is 7. The molecule has 7 aromatic carbocycles. The zero-order valence-corrected chi connectivity index (χ0v) is 79.8. The summed E-state index contributed by atoms with van der Waals surface area (Å²) in [5.74, 6) is -1.58. The van der Waals surface area contributed by atoms with Gasteiger partial charge in [0.15, 0.2) is 23.3 Å². The minimum Gasteiger partial charge on any atom is -0.203 e. The van der Waals surface area contributed by atoms with Crippen molar-refractivity contribution in [3.8, 4) is 0 Å².